The molecule has 8 N–H and O–H groups in total. The number of hydrogen-bond donors (Lipinski definition) is 5. The molecule has 0 fully saturated rings. The van der Waals surface area contributed by atoms with Crippen molar-refractivity contribution < 1.29 is 19.8 Å². The molecule has 0 amide bonds. The average molecular weight is 278 g/mol. The Morgan fingerprint density at radius 3 is 2.22 bits per heavy atom. The number of thioether (sulfide) groups is 1. The van der Waals surface area contributed by atoms with Crippen LogP contribution in [-0.2, 0) is 9.59 Å². The first kappa shape index (κ1) is 16.7. The topological polar surface area (TPSA) is 165 Å². The summed E-state index contributed by atoms with van der Waals surface area (Å²) in [6.45, 7) is 0.349. The molecule has 2 atom stereocenters. The highest BCUT2D eigenvalue weighted by Gasteiger charge is 2.12. The van der Waals surface area contributed by atoms with Crippen molar-refractivity contribution in [3.05, 3.63) is 0 Å². The number of carboxylic acid groups (broad SMARTS) is 2. The molecule has 18 heavy (non-hydrogen) atoms. The number of carboxylic acids is 2. The summed E-state index contributed by atoms with van der Waals surface area (Å²) in [5.41, 5.74) is 16.1. The van der Waals surface area contributed by atoms with Crippen LogP contribution in [0, 0.1) is 0 Å². The zero-order valence-corrected chi connectivity index (χ0v) is 10.6. The molecule has 2 unspecified atom stereocenters. The van der Waals surface area contributed by atoms with Crippen LogP contribution in [0.2, 0.25) is 0 Å². The van der Waals surface area contributed by atoms with Crippen molar-refractivity contribution in [3.63, 3.8) is 0 Å². The maximum absolute atomic E-state index is 10.4. The van der Waals surface area contributed by atoms with E-state index in [0.29, 0.717) is 19.4 Å². The average Bonchev–Trinajstić information content (AvgIpc) is 2.30. The minimum atomic E-state index is -1.09. The molecule has 0 aliphatic carbocycles. The zero-order chi connectivity index (χ0) is 14.1. The van der Waals surface area contributed by atoms with Gasteiger partial charge >= 0.3 is 11.9 Å². The molecule has 0 aliphatic heterocycles. The van der Waals surface area contributed by atoms with E-state index in [2.05, 4.69) is 4.99 Å². The third-order valence-corrected chi connectivity index (χ3v) is 2.94. The Bertz CT molecular complexity index is 324. The number of hydrogen-bond acceptors (Lipinski definition) is 6. The molecule has 0 heterocycles. The maximum Gasteiger partial charge on any atom is 0.321 e. The normalized spacial score (nSPS) is 15.1. The molecule has 104 valence electrons. The lowest BCUT2D eigenvalue weighted by Crippen LogP contribution is -2.33. The van der Waals surface area contributed by atoms with Gasteiger partial charge in [-0.3, -0.25) is 14.6 Å². The minimum Gasteiger partial charge on any atom is -0.480 e. The molecule has 0 spiro atoms. The van der Waals surface area contributed by atoms with Gasteiger partial charge in [0, 0.05) is 12.3 Å². The quantitative estimate of drug-likeness (QED) is 0.206. The minimum absolute atomic E-state index is 0.138. The number of nitrogens with zero attached hydrogens (tertiary/aromatic N) is 1. The maximum atomic E-state index is 10.4. The van der Waals surface area contributed by atoms with Crippen molar-refractivity contribution in [2.75, 3.05) is 12.3 Å². The van der Waals surface area contributed by atoms with Crippen molar-refractivity contribution in [1.29, 1.82) is 0 Å². The Kier molecular flexibility index (Phi) is 8.08. The molecule has 9 heteroatoms. The van der Waals surface area contributed by atoms with E-state index in [4.69, 9.17) is 27.4 Å². The number of nitrogens with two attached hydrogens (primary N) is 3. The van der Waals surface area contributed by atoms with Crippen LogP contribution in [0.1, 0.15) is 12.8 Å². The van der Waals surface area contributed by atoms with E-state index in [1.54, 1.807) is 0 Å². The van der Waals surface area contributed by atoms with Crippen LogP contribution in [0.4, 0.5) is 0 Å². The van der Waals surface area contributed by atoms with Gasteiger partial charge in [-0.1, -0.05) is 11.8 Å². The van der Waals surface area contributed by atoms with Gasteiger partial charge in [0.2, 0.25) is 0 Å². The van der Waals surface area contributed by atoms with Gasteiger partial charge in [-0.15, -0.1) is 0 Å². The molecule has 0 aromatic rings. The Morgan fingerprint density at radius 2 is 1.72 bits per heavy atom. The SMILES string of the molecule is NC(=NCCCC(N)C(=O)O)SCC(N)C(=O)O. The molecule has 8 nitrogen and oxygen atoms in total. The summed E-state index contributed by atoms with van der Waals surface area (Å²) in [6, 6.07) is -1.88. The first-order valence-corrected chi connectivity index (χ1v) is 6.22. The third-order valence-electron chi connectivity index (χ3n) is 1.99. The number of rotatable bonds is 8. The van der Waals surface area contributed by atoms with Crippen LogP contribution in [0.5, 0.6) is 0 Å². The smallest absolute Gasteiger partial charge is 0.321 e. The van der Waals surface area contributed by atoms with Gasteiger partial charge in [0.15, 0.2) is 5.17 Å². The molecular weight excluding hydrogens is 260 g/mol. The number of carbonyl (C=O) groups is 2. The van der Waals surface area contributed by atoms with Gasteiger partial charge in [-0.05, 0) is 12.8 Å². The lowest BCUT2D eigenvalue weighted by Gasteiger charge is -2.06. The van der Waals surface area contributed by atoms with Gasteiger partial charge in [0.25, 0.3) is 0 Å². The largest absolute Gasteiger partial charge is 0.480 e. The van der Waals surface area contributed by atoms with E-state index >= 15 is 0 Å². The molecule has 0 saturated heterocycles. The van der Waals surface area contributed by atoms with Crippen molar-refractivity contribution >= 4 is 28.9 Å². The summed E-state index contributed by atoms with van der Waals surface area (Å²) in [5.74, 6) is -2.00. The van der Waals surface area contributed by atoms with Crippen LogP contribution in [0.15, 0.2) is 4.99 Å². The fourth-order valence-corrected chi connectivity index (χ4v) is 1.59. The number of aliphatic carboxylic acids is 2. The van der Waals surface area contributed by atoms with Gasteiger partial charge < -0.3 is 27.4 Å². The first-order chi connectivity index (χ1) is 8.34. The van der Waals surface area contributed by atoms with E-state index in [-0.39, 0.29) is 10.9 Å². The van der Waals surface area contributed by atoms with Crippen molar-refractivity contribution in [3.8, 4) is 0 Å². The molecular formula is C9H18N4O4S. The highest BCUT2D eigenvalue weighted by Crippen LogP contribution is 2.03. The van der Waals surface area contributed by atoms with Crippen LogP contribution < -0.4 is 17.2 Å². The monoisotopic (exact) mass is 278 g/mol. The van der Waals surface area contributed by atoms with Gasteiger partial charge in [-0.2, -0.15) is 0 Å². The molecule has 0 aromatic carbocycles. The fourth-order valence-electron chi connectivity index (χ4n) is 0.916. The van der Waals surface area contributed by atoms with Crippen LogP contribution in [0.25, 0.3) is 0 Å². The predicted octanol–water partition coefficient (Wildman–Crippen LogP) is -1.36. The molecule has 0 saturated carbocycles. The Hall–Kier alpha value is -1.32. The Balaban J connectivity index is 3.78. The predicted molar refractivity (Wildman–Crippen MR) is 69.4 cm³/mol. The molecule has 0 aromatic heterocycles. The highest BCUT2D eigenvalue weighted by atomic mass is 32.2. The molecule has 0 rings (SSSR count). The van der Waals surface area contributed by atoms with E-state index in [1.165, 1.54) is 0 Å². The summed E-state index contributed by atoms with van der Waals surface area (Å²) in [4.78, 5) is 24.8. The zero-order valence-electron chi connectivity index (χ0n) is 9.78. The number of amidine groups is 1. The third kappa shape index (κ3) is 7.87. The van der Waals surface area contributed by atoms with Gasteiger partial charge in [0.1, 0.15) is 12.1 Å². The van der Waals surface area contributed by atoms with E-state index in [0.717, 1.165) is 11.8 Å². The molecule has 0 radical (unpaired) electrons. The summed E-state index contributed by atoms with van der Waals surface area (Å²) in [6.07, 6.45) is 0.811. The van der Waals surface area contributed by atoms with Crippen LogP contribution in [0.3, 0.4) is 0 Å². The molecule has 0 aliphatic rings. The summed E-state index contributed by atoms with van der Waals surface area (Å²) >= 11 is 1.05. The van der Waals surface area contributed by atoms with Gasteiger partial charge in [-0.25, -0.2) is 0 Å². The van der Waals surface area contributed by atoms with Crippen molar-refractivity contribution in [2.45, 2.75) is 24.9 Å². The lowest BCUT2D eigenvalue weighted by molar-refractivity contribution is -0.139. The first-order valence-electron chi connectivity index (χ1n) is 5.24. The second kappa shape index (κ2) is 8.72. The van der Waals surface area contributed by atoms with Crippen LogP contribution >= 0.6 is 11.8 Å². The van der Waals surface area contributed by atoms with Crippen molar-refractivity contribution in [1.82, 2.24) is 0 Å². The Morgan fingerprint density at radius 1 is 1.17 bits per heavy atom. The standard InChI is InChI=1S/C9H18N4O4S/c10-5(7(14)15)2-1-3-13-9(12)18-4-6(11)8(16)17/h5-6H,1-4,10-11H2,(H2,12,13)(H,14,15)(H,16,17). The molecule has 0 bridgehead atoms. The lowest BCUT2D eigenvalue weighted by atomic mass is 10.2. The van der Waals surface area contributed by atoms with E-state index in [1.807, 2.05) is 0 Å². The fraction of sp³-hybridized carbons (Fsp3) is 0.667. The highest BCUT2D eigenvalue weighted by molar-refractivity contribution is 8.13. The van der Waals surface area contributed by atoms with E-state index < -0.39 is 24.0 Å². The summed E-state index contributed by atoms with van der Waals surface area (Å²) in [7, 11) is 0. The summed E-state index contributed by atoms with van der Waals surface area (Å²) < 4.78 is 0. The van der Waals surface area contributed by atoms with Crippen LogP contribution in [-0.4, -0.2) is 51.7 Å². The van der Waals surface area contributed by atoms with Gasteiger partial charge in [0.05, 0.1) is 0 Å². The second-order valence-electron chi connectivity index (χ2n) is 3.56. The van der Waals surface area contributed by atoms with E-state index in [9.17, 15) is 9.59 Å². The Labute approximate surface area is 109 Å². The second-order valence-corrected chi connectivity index (χ2v) is 4.60. The summed E-state index contributed by atoms with van der Waals surface area (Å²) in [5, 5.41) is 17.3. The van der Waals surface area contributed by atoms with Crippen molar-refractivity contribution in [2.24, 2.45) is 22.2 Å². The number of aliphatic imine (C=N–C) groups is 1.